The molecular formula is C35H38Cl2N8O4. The number of hydrogen-bond donors (Lipinski definition) is 0. The summed E-state index contributed by atoms with van der Waals surface area (Å²) in [6.45, 7) is 8.47. The van der Waals surface area contributed by atoms with Crippen molar-refractivity contribution in [2.45, 2.75) is 44.7 Å². The van der Waals surface area contributed by atoms with Gasteiger partial charge in [0.1, 0.15) is 31.3 Å². The summed E-state index contributed by atoms with van der Waals surface area (Å²) in [4.78, 5) is 19.1. The number of nitrogens with zero attached hydrogens (tertiary/aromatic N) is 8. The molecular weight excluding hydrogens is 667 g/mol. The molecule has 2 aromatic heterocycles. The summed E-state index contributed by atoms with van der Waals surface area (Å²) in [7, 11) is 0. The number of piperazine rings is 1. The molecule has 0 bridgehead atoms. The van der Waals surface area contributed by atoms with Crippen molar-refractivity contribution in [2.24, 2.45) is 0 Å². The van der Waals surface area contributed by atoms with Crippen molar-refractivity contribution < 1.29 is 14.2 Å². The molecule has 3 atom stereocenters. The average Bonchev–Trinajstić information content (AvgIpc) is 3.90. The first-order valence-corrected chi connectivity index (χ1v) is 17.2. The van der Waals surface area contributed by atoms with Crippen LogP contribution >= 0.6 is 23.2 Å². The Morgan fingerprint density at radius 1 is 0.878 bits per heavy atom. The van der Waals surface area contributed by atoms with E-state index >= 15 is 0 Å². The number of rotatable bonds is 11. The van der Waals surface area contributed by atoms with E-state index in [4.69, 9.17) is 37.4 Å². The number of anilines is 2. The van der Waals surface area contributed by atoms with E-state index in [2.05, 4.69) is 49.4 Å². The van der Waals surface area contributed by atoms with Gasteiger partial charge >= 0.3 is 5.69 Å². The minimum Gasteiger partial charge on any atom is -0.491 e. The lowest BCUT2D eigenvalue weighted by Crippen LogP contribution is -2.46. The molecule has 0 saturated carbocycles. The van der Waals surface area contributed by atoms with E-state index in [9.17, 15) is 4.79 Å². The summed E-state index contributed by atoms with van der Waals surface area (Å²) in [6, 6.07) is 21.7. The highest BCUT2D eigenvalue weighted by atomic mass is 35.5. The minimum absolute atomic E-state index is 0.0647. The standard InChI is InChI=1S/C35H38Cl2N8O4/c1-3-25(2)45-34(46)43(24-40-45)29-7-5-27(6-8-29)41-16-18-42(19-17-41)28-9-11-30(12-10-28)47-21-31-22-48-35(49-31,23-44-38-14-15-39-44)26-4-13-32(36)33(37)20-26/h4-15,20,24-25,31H,3,16-19,21-23H2,1-2H3/t25?,31-,35-/m1/s1. The maximum absolute atomic E-state index is 12.8. The molecule has 12 nitrogen and oxygen atoms in total. The van der Waals surface area contributed by atoms with Gasteiger partial charge in [-0.2, -0.15) is 20.1 Å². The van der Waals surface area contributed by atoms with Gasteiger partial charge in [-0.15, -0.1) is 0 Å². The molecule has 0 N–H and O–H groups in total. The Balaban J connectivity index is 0.923. The zero-order valence-electron chi connectivity index (χ0n) is 27.4. The summed E-state index contributed by atoms with van der Waals surface area (Å²) in [6.07, 6.45) is 5.34. The van der Waals surface area contributed by atoms with E-state index in [0.717, 1.165) is 61.0 Å². The Bertz CT molecular complexity index is 1910. The van der Waals surface area contributed by atoms with Crippen LogP contribution in [0.15, 0.2) is 90.2 Å². The molecule has 0 amide bonds. The summed E-state index contributed by atoms with van der Waals surface area (Å²) in [5, 5.41) is 13.6. The van der Waals surface area contributed by atoms with Gasteiger partial charge in [0.2, 0.25) is 5.79 Å². The Hall–Kier alpha value is -4.36. The van der Waals surface area contributed by atoms with Gasteiger partial charge in [-0.25, -0.2) is 14.0 Å². The van der Waals surface area contributed by atoms with Crippen molar-refractivity contribution in [1.82, 2.24) is 29.3 Å². The summed E-state index contributed by atoms with van der Waals surface area (Å²) >= 11 is 12.5. The van der Waals surface area contributed by atoms with E-state index < -0.39 is 5.79 Å². The van der Waals surface area contributed by atoms with E-state index in [1.807, 2.05) is 44.2 Å². The molecule has 0 radical (unpaired) electrons. The van der Waals surface area contributed by atoms with E-state index in [1.165, 1.54) is 9.48 Å². The van der Waals surface area contributed by atoms with Gasteiger partial charge in [-0.3, -0.25) is 0 Å². The predicted molar refractivity (Wildman–Crippen MR) is 188 cm³/mol. The van der Waals surface area contributed by atoms with Crippen molar-refractivity contribution in [1.29, 1.82) is 0 Å². The Labute approximate surface area is 294 Å². The molecule has 2 aliphatic heterocycles. The number of benzene rings is 3. The van der Waals surface area contributed by atoms with Crippen molar-refractivity contribution in [3.05, 3.63) is 112 Å². The highest BCUT2D eigenvalue weighted by molar-refractivity contribution is 6.42. The molecule has 1 unspecified atom stereocenters. The number of hydrogen-bond acceptors (Lipinski definition) is 9. The van der Waals surface area contributed by atoms with Crippen LogP contribution in [-0.2, 0) is 21.8 Å². The first-order valence-electron chi connectivity index (χ1n) is 16.4. The number of ether oxygens (including phenoxy) is 3. The second kappa shape index (κ2) is 14.2. The molecule has 4 heterocycles. The third-order valence-electron chi connectivity index (χ3n) is 9.15. The fourth-order valence-electron chi connectivity index (χ4n) is 6.17. The maximum atomic E-state index is 12.8. The Kier molecular flexibility index (Phi) is 9.64. The SMILES string of the molecule is CCC(C)n1ncn(-c2ccc(N3CCN(c4ccc(OC[C@@H]5CO[C@@](Cn6nccn6)(c6ccc(Cl)c(Cl)c6)O5)cc4)CC3)cc2)c1=O. The van der Waals surface area contributed by atoms with Crippen LogP contribution in [0.4, 0.5) is 11.4 Å². The first kappa shape index (κ1) is 33.2. The number of aromatic nitrogens is 6. The van der Waals surface area contributed by atoms with Crippen LogP contribution in [0, 0.1) is 0 Å². The topological polar surface area (TPSA) is 105 Å². The van der Waals surface area contributed by atoms with Crippen LogP contribution < -0.4 is 20.2 Å². The van der Waals surface area contributed by atoms with Crippen LogP contribution in [0.2, 0.25) is 10.0 Å². The smallest absolute Gasteiger partial charge is 0.350 e. The third kappa shape index (κ3) is 7.04. The lowest BCUT2D eigenvalue weighted by Gasteiger charge is -2.37. The van der Waals surface area contributed by atoms with Gasteiger partial charge in [-0.05, 0) is 74.0 Å². The van der Waals surface area contributed by atoms with Crippen molar-refractivity contribution in [2.75, 3.05) is 49.2 Å². The largest absolute Gasteiger partial charge is 0.491 e. The molecule has 0 aliphatic carbocycles. The molecule has 2 aliphatic rings. The fourth-order valence-corrected chi connectivity index (χ4v) is 6.47. The average molecular weight is 706 g/mol. The monoisotopic (exact) mass is 704 g/mol. The van der Waals surface area contributed by atoms with Crippen LogP contribution in [-0.4, -0.2) is 74.8 Å². The molecule has 5 aromatic rings. The Morgan fingerprint density at radius 3 is 2.14 bits per heavy atom. The lowest BCUT2D eigenvalue weighted by molar-refractivity contribution is -0.192. The lowest BCUT2D eigenvalue weighted by atomic mass is 10.1. The predicted octanol–water partition coefficient (Wildman–Crippen LogP) is 5.58. The molecule has 14 heteroatoms. The first-order chi connectivity index (χ1) is 23.8. The molecule has 7 rings (SSSR count). The van der Waals surface area contributed by atoms with Gasteiger partial charge < -0.3 is 24.0 Å². The number of halogens is 2. The van der Waals surface area contributed by atoms with Crippen LogP contribution in [0.25, 0.3) is 5.69 Å². The van der Waals surface area contributed by atoms with Crippen molar-refractivity contribution in [3.8, 4) is 11.4 Å². The quantitative estimate of drug-likeness (QED) is 0.174. The van der Waals surface area contributed by atoms with Crippen LogP contribution in [0.3, 0.4) is 0 Å². The minimum atomic E-state index is -1.13. The molecule has 2 saturated heterocycles. The molecule has 3 aromatic carbocycles. The molecule has 49 heavy (non-hydrogen) atoms. The highest BCUT2D eigenvalue weighted by Gasteiger charge is 2.45. The molecule has 256 valence electrons. The van der Waals surface area contributed by atoms with E-state index in [0.29, 0.717) is 23.3 Å². The van der Waals surface area contributed by atoms with Crippen LogP contribution in [0.1, 0.15) is 31.9 Å². The van der Waals surface area contributed by atoms with Gasteiger partial charge in [-0.1, -0.05) is 36.2 Å². The normalized spacial score (nSPS) is 20.1. The molecule has 2 fully saturated rings. The van der Waals surface area contributed by atoms with E-state index in [-0.39, 0.29) is 24.4 Å². The van der Waals surface area contributed by atoms with Gasteiger partial charge in [0, 0.05) is 43.1 Å². The van der Waals surface area contributed by atoms with Crippen molar-refractivity contribution in [3.63, 3.8) is 0 Å². The van der Waals surface area contributed by atoms with Gasteiger partial charge in [0.15, 0.2) is 0 Å². The summed E-state index contributed by atoms with van der Waals surface area (Å²) in [5.41, 5.74) is 3.70. The summed E-state index contributed by atoms with van der Waals surface area (Å²) < 4.78 is 22.0. The fraction of sp³-hybridized carbons (Fsp3) is 0.371. The maximum Gasteiger partial charge on any atom is 0.350 e. The highest BCUT2D eigenvalue weighted by Crippen LogP contribution is 2.38. The van der Waals surface area contributed by atoms with Crippen molar-refractivity contribution >= 4 is 34.6 Å². The van der Waals surface area contributed by atoms with Crippen LogP contribution in [0.5, 0.6) is 5.75 Å². The second-order valence-electron chi connectivity index (χ2n) is 12.3. The van der Waals surface area contributed by atoms with E-state index in [1.54, 1.807) is 35.4 Å². The van der Waals surface area contributed by atoms with Gasteiger partial charge in [0.25, 0.3) is 0 Å². The zero-order chi connectivity index (χ0) is 34.0. The molecule has 0 spiro atoms. The Morgan fingerprint density at radius 2 is 1.51 bits per heavy atom. The zero-order valence-corrected chi connectivity index (χ0v) is 28.9. The third-order valence-corrected chi connectivity index (χ3v) is 9.89. The second-order valence-corrected chi connectivity index (χ2v) is 13.1. The van der Waals surface area contributed by atoms with Gasteiger partial charge in [0.05, 0.1) is 40.8 Å². The summed E-state index contributed by atoms with van der Waals surface area (Å²) in [5.74, 6) is -0.382.